The van der Waals surface area contributed by atoms with Crippen molar-refractivity contribution in [2.24, 2.45) is 0 Å². The lowest BCUT2D eigenvalue weighted by Crippen LogP contribution is -1.81. The minimum atomic E-state index is 0.288. The van der Waals surface area contributed by atoms with Crippen LogP contribution in [0.15, 0.2) is 0 Å². The fourth-order valence-corrected chi connectivity index (χ4v) is 0.0913. The first kappa shape index (κ1) is 5.31. The first-order valence-corrected chi connectivity index (χ1v) is 1.86. The van der Waals surface area contributed by atoms with Gasteiger partial charge in [0.1, 0.15) is 0 Å². The van der Waals surface area contributed by atoms with E-state index in [-0.39, 0.29) is 6.35 Å². The van der Waals surface area contributed by atoms with Gasteiger partial charge < -0.3 is 0 Å². The van der Waals surface area contributed by atoms with Crippen LogP contribution in [0.2, 0.25) is 0 Å². The molecule has 5 heavy (non-hydrogen) atoms. The van der Waals surface area contributed by atoms with Crippen LogP contribution in [0.5, 0.6) is 0 Å². The second-order valence-electron chi connectivity index (χ2n) is 0.359. The third kappa shape index (κ3) is 4.31. The smallest absolute Gasteiger partial charge is 0.0987 e. The molecule has 0 rings (SSSR count). The van der Waals surface area contributed by atoms with Crippen LogP contribution in [0.25, 0.3) is 0 Å². The second-order valence-corrected chi connectivity index (χ2v) is 0.692. The van der Waals surface area contributed by atoms with Crippen molar-refractivity contribution in [2.75, 3.05) is 6.35 Å². The van der Waals surface area contributed by atoms with E-state index in [1.54, 1.807) is 0 Å². The van der Waals surface area contributed by atoms with Crippen molar-refractivity contribution in [1.29, 1.82) is 0 Å². The molecule has 0 radical (unpaired) electrons. The predicted molar refractivity (Wildman–Crippen MR) is 19.4 cm³/mol. The highest BCUT2D eigenvalue weighted by Crippen LogP contribution is 1.78. The van der Waals surface area contributed by atoms with Crippen LogP contribution in [-0.4, -0.2) is 11.6 Å². The Morgan fingerprint density at radius 1 is 1.80 bits per heavy atom. The molecule has 0 aromatic rings. The van der Waals surface area contributed by atoms with Crippen molar-refractivity contribution in [3.63, 3.8) is 0 Å². The zero-order valence-electron chi connectivity index (χ0n) is 2.55. The fraction of sp³-hybridized carbons (Fsp3) is 1.00. The van der Waals surface area contributed by atoms with E-state index < -0.39 is 0 Å². The Kier molecular flexibility index (Phi) is 4.58. The van der Waals surface area contributed by atoms with Gasteiger partial charge in [-0.25, -0.2) is 10.1 Å². The molecule has 0 fully saturated rings. The van der Waals surface area contributed by atoms with Crippen molar-refractivity contribution >= 4 is 9.24 Å². The monoisotopic (exact) mass is 96.0 g/mol. The van der Waals surface area contributed by atoms with Gasteiger partial charge in [-0.2, -0.15) is 0 Å². The van der Waals surface area contributed by atoms with E-state index in [9.17, 15) is 0 Å². The van der Waals surface area contributed by atoms with Gasteiger partial charge >= 0.3 is 0 Å². The van der Waals surface area contributed by atoms with E-state index in [0.29, 0.717) is 0 Å². The van der Waals surface area contributed by atoms with Crippen LogP contribution in [-0.2, 0) is 9.93 Å². The van der Waals surface area contributed by atoms with Crippen LogP contribution >= 0.6 is 9.24 Å². The minimum absolute atomic E-state index is 0.288. The maximum Gasteiger partial charge on any atom is 0.0987 e. The van der Waals surface area contributed by atoms with Crippen LogP contribution < -0.4 is 0 Å². The minimum Gasteiger partial charge on any atom is -0.221 e. The molecule has 0 aromatic heterocycles. The molecule has 0 saturated heterocycles. The molecular weight excluding hydrogens is 91.0 g/mol. The zero-order chi connectivity index (χ0) is 4.12. The van der Waals surface area contributed by atoms with Gasteiger partial charge in [-0.3, -0.25) is 0 Å². The Morgan fingerprint density at radius 2 is 2.40 bits per heavy atom. The normalized spacial score (nSPS) is 8.40. The van der Waals surface area contributed by atoms with Crippen molar-refractivity contribution in [3.8, 4) is 0 Å². The number of hydrogen-bond acceptors (Lipinski definition) is 3. The summed E-state index contributed by atoms with van der Waals surface area (Å²) in [5.41, 5.74) is 0. The summed E-state index contributed by atoms with van der Waals surface area (Å²) in [5, 5.41) is 10.5. The highest BCUT2D eigenvalue weighted by Gasteiger charge is 1.65. The summed E-state index contributed by atoms with van der Waals surface area (Å²) in [6.45, 7) is 0. The Hall–Kier alpha value is 0.310. The SMILES string of the molecule is OOOCP. The molecule has 0 amide bonds. The Morgan fingerprint density at radius 3 is 2.40 bits per heavy atom. The van der Waals surface area contributed by atoms with Gasteiger partial charge in [-0.15, -0.1) is 9.24 Å². The average Bonchev–Trinajstić information content (AvgIpc) is 1.41. The first-order chi connectivity index (χ1) is 2.41. The molecule has 4 heteroatoms. The van der Waals surface area contributed by atoms with Gasteiger partial charge in [-0.1, -0.05) is 5.04 Å². The van der Waals surface area contributed by atoms with E-state index in [0.717, 1.165) is 0 Å². The molecule has 3 nitrogen and oxygen atoms in total. The summed E-state index contributed by atoms with van der Waals surface area (Å²) in [6.07, 6.45) is 0.288. The molecule has 1 atom stereocenters. The molecular formula is CH5O3P. The molecule has 0 heterocycles. The third-order valence-corrected chi connectivity index (χ3v) is 0.257. The van der Waals surface area contributed by atoms with Gasteiger partial charge in [0.05, 0.1) is 6.35 Å². The largest absolute Gasteiger partial charge is 0.221 e. The highest BCUT2D eigenvalue weighted by atomic mass is 31.0. The predicted octanol–water partition coefficient (Wildman–Crippen LogP) is 0.240. The van der Waals surface area contributed by atoms with Crippen LogP contribution in [0.4, 0.5) is 0 Å². The fourth-order valence-electron chi connectivity index (χ4n) is 0.0304. The molecule has 0 aliphatic rings. The maximum absolute atomic E-state index is 7.33. The van der Waals surface area contributed by atoms with Gasteiger partial charge in [0.25, 0.3) is 0 Å². The lowest BCUT2D eigenvalue weighted by atomic mass is 11.7. The van der Waals surface area contributed by atoms with Crippen LogP contribution in [0, 0.1) is 0 Å². The van der Waals surface area contributed by atoms with Crippen molar-refractivity contribution < 1.29 is 15.2 Å². The molecule has 1 N–H and O–H groups in total. The van der Waals surface area contributed by atoms with Crippen molar-refractivity contribution in [3.05, 3.63) is 0 Å². The summed E-state index contributed by atoms with van der Waals surface area (Å²) in [7, 11) is 2.19. The molecule has 0 spiro atoms. The lowest BCUT2D eigenvalue weighted by Gasteiger charge is -1.83. The lowest BCUT2D eigenvalue weighted by molar-refractivity contribution is -0.482. The van der Waals surface area contributed by atoms with Crippen LogP contribution in [0.3, 0.4) is 0 Å². The molecule has 1 unspecified atom stereocenters. The quantitative estimate of drug-likeness (QED) is 0.304. The summed E-state index contributed by atoms with van der Waals surface area (Å²) >= 11 is 0. The molecule has 0 aliphatic heterocycles. The standard InChI is InChI=1S/CH5O3P/c2-4-3-1-5/h2H,1,5H2. The van der Waals surface area contributed by atoms with E-state index in [4.69, 9.17) is 5.26 Å². The Balaban J connectivity index is 2.19. The number of rotatable bonds is 2. The van der Waals surface area contributed by atoms with Crippen molar-refractivity contribution in [1.82, 2.24) is 0 Å². The van der Waals surface area contributed by atoms with Crippen LogP contribution in [0.1, 0.15) is 0 Å². The zero-order valence-corrected chi connectivity index (χ0v) is 3.70. The topological polar surface area (TPSA) is 38.7 Å². The molecule has 0 aromatic carbocycles. The average molecular weight is 96.0 g/mol. The van der Waals surface area contributed by atoms with Crippen molar-refractivity contribution in [2.45, 2.75) is 0 Å². The van der Waals surface area contributed by atoms with Gasteiger partial charge in [-0.05, 0) is 0 Å². The molecule has 0 aliphatic carbocycles. The Bertz CT molecular complexity index is 14.4. The van der Waals surface area contributed by atoms with E-state index in [1.807, 2.05) is 0 Å². The van der Waals surface area contributed by atoms with E-state index >= 15 is 0 Å². The van der Waals surface area contributed by atoms with Gasteiger partial charge in [0.15, 0.2) is 0 Å². The summed E-state index contributed by atoms with van der Waals surface area (Å²) < 4.78 is 0. The van der Waals surface area contributed by atoms with Gasteiger partial charge in [0, 0.05) is 0 Å². The second kappa shape index (κ2) is 4.31. The third-order valence-electron chi connectivity index (χ3n) is 0.121. The summed E-state index contributed by atoms with van der Waals surface area (Å²) in [4.78, 5) is 3.85. The summed E-state index contributed by atoms with van der Waals surface area (Å²) in [5.74, 6) is 0. The first-order valence-electron chi connectivity index (χ1n) is 1.05. The maximum atomic E-state index is 7.33. The number of hydrogen-bond donors (Lipinski definition) is 1. The van der Waals surface area contributed by atoms with E-state index in [1.165, 1.54) is 0 Å². The van der Waals surface area contributed by atoms with E-state index in [2.05, 4.69) is 19.2 Å². The summed E-state index contributed by atoms with van der Waals surface area (Å²) in [6, 6.07) is 0. The molecule has 32 valence electrons. The molecule has 0 bridgehead atoms. The van der Waals surface area contributed by atoms with Gasteiger partial charge in [0.2, 0.25) is 0 Å². The molecule has 0 saturated carbocycles. The Labute approximate surface area is 31.9 Å². The highest BCUT2D eigenvalue weighted by molar-refractivity contribution is 7.16.